The van der Waals surface area contributed by atoms with Gasteiger partial charge in [-0.15, -0.1) is 0 Å². The number of nitrogens with zero attached hydrogens (tertiary/aromatic N) is 1. The SMILES string of the molecule is Nc1cnc(Nc2c(Cl)cc(F)cc2Br)c(C(=O)O)c1. The number of hydrogen-bond donors (Lipinski definition) is 3. The molecule has 0 saturated heterocycles. The van der Waals surface area contributed by atoms with E-state index in [0.717, 1.165) is 6.07 Å². The molecule has 104 valence electrons. The fraction of sp³-hybridized carbons (Fsp3) is 0. The van der Waals surface area contributed by atoms with Gasteiger partial charge in [0.05, 0.1) is 22.6 Å². The first-order valence-corrected chi connectivity index (χ1v) is 6.46. The summed E-state index contributed by atoms with van der Waals surface area (Å²) in [5.74, 6) is -1.65. The average Bonchev–Trinajstić information content (AvgIpc) is 2.34. The standard InChI is InChI=1S/C12H8BrClFN3O2/c13-8-1-5(15)2-9(14)10(8)18-11-7(12(19)20)3-6(16)4-17-11/h1-4H,16H2,(H,17,18)(H,19,20). The summed E-state index contributed by atoms with van der Waals surface area (Å²) in [6, 6.07) is 3.57. The molecule has 0 atom stereocenters. The Balaban J connectivity index is 2.48. The second kappa shape index (κ2) is 5.64. The van der Waals surface area contributed by atoms with Gasteiger partial charge in [-0.25, -0.2) is 14.2 Å². The molecule has 5 nitrogen and oxygen atoms in total. The van der Waals surface area contributed by atoms with Gasteiger partial charge in [0, 0.05) is 4.47 Å². The highest BCUT2D eigenvalue weighted by Crippen LogP contribution is 2.34. The summed E-state index contributed by atoms with van der Waals surface area (Å²) in [5.41, 5.74) is 5.92. The van der Waals surface area contributed by atoms with Crippen LogP contribution in [-0.2, 0) is 0 Å². The highest BCUT2D eigenvalue weighted by molar-refractivity contribution is 9.10. The molecule has 4 N–H and O–H groups in total. The lowest BCUT2D eigenvalue weighted by Crippen LogP contribution is -2.06. The fourth-order valence-corrected chi connectivity index (χ4v) is 2.42. The predicted molar refractivity (Wildman–Crippen MR) is 78.0 cm³/mol. The Bertz CT molecular complexity index is 673. The number of halogens is 3. The molecule has 2 rings (SSSR count). The van der Waals surface area contributed by atoms with Crippen LogP contribution in [0.2, 0.25) is 5.02 Å². The second-order valence-corrected chi connectivity index (χ2v) is 5.10. The van der Waals surface area contributed by atoms with E-state index in [1.807, 2.05) is 0 Å². The molecule has 2 aromatic rings. The monoisotopic (exact) mass is 359 g/mol. The van der Waals surface area contributed by atoms with Crippen LogP contribution in [0.5, 0.6) is 0 Å². The Morgan fingerprint density at radius 2 is 2.15 bits per heavy atom. The number of carbonyl (C=O) groups is 1. The lowest BCUT2D eigenvalue weighted by atomic mass is 10.2. The van der Waals surface area contributed by atoms with Crippen LogP contribution in [-0.4, -0.2) is 16.1 Å². The zero-order valence-electron chi connectivity index (χ0n) is 9.82. The number of carboxylic acids is 1. The first-order chi connectivity index (χ1) is 9.38. The Kier molecular flexibility index (Phi) is 4.10. The van der Waals surface area contributed by atoms with E-state index in [1.165, 1.54) is 18.3 Å². The van der Waals surface area contributed by atoms with Crippen LogP contribution in [0, 0.1) is 5.82 Å². The molecular formula is C12H8BrClFN3O2. The topological polar surface area (TPSA) is 88.2 Å². The van der Waals surface area contributed by atoms with Crippen LogP contribution in [0.25, 0.3) is 0 Å². The van der Waals surface area contributed by atoms with Gasteiger partial charge in [-0.05, 0) is 34.1 Å². The number of aromatic carboxylic acids is 1. The summed E-state index contributed by atoms with van der Waals surface area (Å²) < 4.78 is 13.5. The fourth-order valence-electron chi connectivity index (χ4n) is 1.52. The van der Waals surface area contributed by atoms with Crippen molar-refractivity contribution in [3.63, 3.8) is 0 Å². The Morgan fingerprint density at radius 1 is 1.45 bits per heavy atom. The summed E-state index contributed by atoms with van der Waals surface area (Å²) in [5, 5.41) is 12.0. The zero-order chi connectivity index (χ0) is 14.9. The molecule has 0 aliphatic carbocycles. The smallest absolute Gasteiger partial charge is 0.339 e. The number of hydrogen-bond acceptors (Lipinski definition) is 4. The minimum absolute atomic E-state index is 0.0564. The quantitative estimate of drug-likeness (QED) is 0.777. The molecular weight excluding hydrogens is 353 g/mol. The van der Waals surface area contributed by atoms with Crippen LogP contribution in [0.3, 0.4) is 0 Å². The van der Waals surface area contributed by atoms with E-state index in [2.05, 4.69) is 26.2 Å². The maximum atomic E-state index is 13.1. The number of rotatable bonds is 3. The number of aromatic nitrogens is 1. The average molecular weight is 361 g/mol. The lowest BCUT2D eigenvalue weighted by Gasteiger charge is -2.12. The molecule has 1 aromatic carbocycles. The second-order valence-electron chi connectivity index (χ2n) is 3.84. The number of benzene rings is 1. The number of nitrogens with one attached hydrogen (secondary N) is 1. The van der Waals surface area contributed by atoms with Crippen molar-refractivity contribution in [2.24, 2.45) is 0 Å². The third kappa shape index (κ3) is 3.00. The van der Waals surface area contributed by atoms with Crippen molar-refractivity contribution in [3.05, 3.63) is 45.3 Å². The maximum absolute atomic E-state index is 13.1. The molecule has 1 heterocycles. The Morgan fingerprint density at radius 3 is 2.75 bits per heavy atom. The van der Waals surface area contributed by atoms with Crippen molar-refractivity contribution >= 4 is 50.7 Å². The van der Waals surface area contributed by atoms with Gasteiger partial charge < -0.3 is 16.2 Å². The molecule has 0 amide bonds. The molecule has 1 aromatic heterocycles. The normalized spacial score (nSPS) is 10.3. The molecule has 8 heteroatoms. The van der Waals surface area contributed by atoms with Gasteiger partial charge in [0.1, 0.15) is 17.2 Å². The van der Waals surface area contributed by atoms with Gasteiger partial charge in [0.2, 0.25) is 0 Å². The number of nitrogens with two attached hydrogens (primary N) is 1. The summed E-state index contributed by atoms with van der Waals surface area (Å²) >= 11 is 9.06. The van der Waals surface area contributed by atoms with E-state index in [0.29, 0.717) is 10.2 Å². The molecule has 0 fully saturated rings. The third-order valence-electron chi connectivity index (χ3n) is 2.39. The first kappa shape index (κ1) is 14.5. The van der Waals surface area contributed by atoms with Crippen LogP contribution in [0.15, 0.2) is 28.9 Å². The van der Waals surface area contributed by atoms with Crippen LogP contribution < -0.4 is 11.1 Å². The largest absolute Gasteiger partial charge is 0.478 e. The van der Waals surface area contributed by atoms with Crippen LogP contribution in [0.1, 0.15) is 10.4 Å². The van der Waals surface area contributed by atoms with Gasteiger partial charge in [-0.2, -0.15) is 0 Å². The summed E-state index contributed by atoms with van der Waals surface area (Å²) in [6.45, 7) is 0. The van der Waals surface area contributed by atoms with E-state index in [4.69, 9.17) is 22.4 Å². The van der Waals surface area contributed by atoms with Crippen molar-refractivity contribution in [1.29, 1.82) is 0 Å². The highest BCUT2D eigenvalue weighted by Gasteiger charge is 2.15. The van der Waals surface area contributed by atoms with Gasteiger partial charge in [-0.3, -0.25) is 0 Å². The van der Waals surface area contributed by atoms with Crippen molar-refractivity contribution < 1.29 is 14.3 Å². The molecule has 20 heavy (non-hydrogen) atoms. The minimum atomic E-state index is -1.19. The van der Waals surface area contributed by atoms with E-state index in [1.54, 1.807) is 0 Å². The van der Waals surface area contributed by atoms with Gasteiger partial charge in [0.25, 0.3) is 0 Å². The van der Waals surface area contributed by atoms with E-state index in [-0.39, 0.29) is 22.1 Å². The number of anilines is 3. The van der Waals surface area contributed by atoms with Crippen molar-refractivity contribution in [3.8, 4) is 0 Å². The van der Waals surface area contributed by atoms with Gasteiger partial charge in [0.15, 0.2) is 0 Å². The van der Waals surface area contributed by atoms with Crippen molar-refractivity contribution in [2.45, 2.75) is 0 Å². The molecule has 0 aliphatic rings. The maximum Gasteiger partial charge on any atom is 0.339 e. The summed E-state index contributed by atoms with van der Waals surface area (Å²) in [4.78, 5) is 15.1. The van der Waals surface area contributed by atoms with E-state index < -0.39 is 11.8 Å². The van der Waals surface area contributed by atoms with Crippen LogP contribution in [0.4, 0.5) is 21.6 Å². The van der Waals surface area contributed by atoms with E-state index >= 15 is 0 Å². The third-order valence-corrected chi connectivity index (χ3v) is 3.31. The Labute approximate surface area is 126 Å². The predicted octanol–water partition coefficient (Wildman–Crippen LogP) is 3.66. The molecule has 0 saturated carbocycles. The number of nitrogen functional groups attached to an aromatic ring is 1. The molecule has 0 radical (unpaired) electrons. The molecule has 0 spiro atoms. The molecule has 0 aliphatic heterocycles. The van der Waals surface area contributed by atoms with Crippen molar-refractivity contribution in [2.75, 3.05) is 11.1 Å². The Hall–Kier alpha value is -1.86. The molecule has 0 bridgehead atoms. The van der Waals surface area contributed by atoms with Crippen molar-refractivity contribution in [1.82, 2.24) is 4.98 Å². The minimum Gasteiger partial charge on any atom is -0.478 e. The zero-order valence-corrected chi connectivity index (χ0v) is 12.2. The lowest BCUT2D eigenvalue weighted by molar-refractivity contribution is 0.0697. The molecule has 0 unspecified atom stereocenters. The van der Waals surface area contributed by atoms with E-state index in [9.17, 15) is 9.18 Å². The number of carboxylic acid groups (broad SMARTS) is 1. The van der Waals surface area contributed by atoms with Crippen LogP contribution >= 0.6 is 27.5 Å². The first-order valence-electron chi connectivity index (χ1n) is 5.29. The highest BCUT2D eigenvalue weighted by atomic mass is 79.9. The summed E-state index contributed by atoms with van der Waals surface area (Å²) in [7, 11) is 0. The van der Waals surface area contributed by atoms with Gasteiger partial charge in [-0.1, -0.05) is 11.6 Å². The summed E-state index contributed by atoms with van der Waals surface area (Å²) in [6.07, 6.45) is 1.31. The number of pyridine rings is 1. The van der Waals surface area contributed by atoms with Gasteiger partial charge >= 0.3 is 5.97 Å².